The molecule has 0 radical (unpaired) electrons. The van der Waals surface area contributed by atoms with Gasteiger partial charge in [-0.25, -0.2) is 0 Å². The topological polar surface area (TPSA) is 33.0 Å². The molecule has 2 nitrogen and oxygen atoms in total. The van der Waals surface area contributed by atoms with Gasteiger partial charge in [0.15, 0.2) is 0 Å². The first kappa shape index (κ1) is 14.6. The van der Waals surface area contributed by atoms with Crippen molar-refractivity contribution in [1.29, 1.82) is 5.26 Å². The number of fused-ring (bicyclic) bond motifs is 5. The van der Waals surface area contributed by atoms with E-state index in [-0.39, 0.29) is 0 Å². The highest BCUT2D eigenvalue weighted by atomic mass is 32.2. The van der Waals surface area contributed by atoms with Crippen LogP contribution in [0.5, 0.6) is 0 Å². The van der Waals surface area contributed by atoms with Crippen LogP contribution >= 0.6 is 11.8 Å². The number of ether oxygens (including phenoxy) is 1. The van der Waals surface area contributed by atoms with Gasteiger partial charge in [0.05, 0.1) is 12.1 Å². The fourth-order valence-electron chi connectivity index (χ4n) is 3.93. The highest BCUT2D eigenvalue weighted by Gasteiger charge is 2.34. The minimum absolute atomic E-state index is 0.715. The van der Waals surface area contributed by atoms with Gasteiger partial charge in [-0.05, 0) is 35.6 Å². The van der Waals surface area contributed by atoms with Gasteiger partial charge in [-0.3, -0.25) is 0 Å². The van der Waals surface area contributed by atoms with E-state index in [9.17, 15) is 5.26 Å². The Morgan fingerprint density at radius 3 is 2.64 bits per heavy atom. The minimum atomic E-state index is 0.715. The van der Waals surface area contributed by atoms with Crippen LogP contribution in [0.25, 0.3) is 11.3 Å². The molecular formula is C22H15NOS. The molecule has 2 aromatic carbocycles. The second-order valence-corrected chi connectivity index (χ2v) is 7.36. The molecule has 0 fully saturated rings. The lowest BCUT2D eigenvalue weighted by Gasteiger charge is -2.34. The van der Waals surface area contributed by atoms with Crippen LogP contribution in [0.1, 0.15) is 23.1 Å². The Kier molecular flexibility index (Phi) is 3.33. The van der Waals surface area contributed by atoms with Crippen LogP contribution in [0.4, 0.5) is 0 Å². The predicted molar refractivity (Wildman–Crippen MR) is 101 cm³/mol. The van der Waals surface area contributed by atoms with E-state index < -0.39 is 0 Å². The van der Waals surface area contributed by atoms with E-state index in [0.717, 1.165) is 29.9 Å². The molecule has 25 heavy (non-hydrogen) atoms. The zero-order chi connectivity index (χ0) is 16.8. The number of rotatable bonds is 0. The summed E-state index contributed by atoms with van der Waals surface area (Å²) in [6.45, 7) is 0. The van der Waals surface area contributed by atoms with E-state index >= 15 is 0 Å². The monoisotopic (exact) mass is 341 g/mol. The number of benzene rings is 2. The highest BCUT2D eigenvalue weighted by Crippen LogP contribution is 2.51. The minimum Gasteiger partial charge on any atom is -0.455 e. The van der Waals surface area contributed by atoms with Crippen molar-refractivity contribution in [3.63, 3.8) is 0 Å². The van der Waals surface area contributed by atoms with Gasteiger partial charge in [0.25, 0.3) is 0 Å². The molecule has 2 aromatic rings. The quantitative estimate of drug-likeness (QED) is 0.606. The Hall–Kier alpha value is -2.70. The lowest BCUT2D eigenvalue weighted by molar-refractivity contribution is 0.381. The third-order valence-corrected chi connectivity index (χ3v) is 6.12. The van der Waals surface area contributed by atoms with Crippen LogP contribution in [-0.2, 0) is 11.2 Å². The summed E-state index contributed by atoms with van der Waals surface area (Å²) in [6, 6.07) is 19.1. The third kappa shape index (κ3) is 2.18. The maximum atomic E-state index is 9.25. The average Bonchev–Trinajstić information content (AvgIpc) is 2.67. The molecule has 0 unspecified atom stereocenters. The number of allylic oxidation sites excluding steroid dienone is 3. The van der Waals surface area contributed by atoms with Crippen molar-refractivity contribution in [2.24, 2.45) is 0 Å². The van der Waals surface area contributed by atoms with Crippen molar-refractivity contribution in [3.05, 3.63) is 88.2 Å². The van der Waals surface area contributed by atoms with Crippen LogP contribution in [-0.4, -0.2) is 5.75 Å². The van der Waals surface area contributed by atoms with Crippen LogP contribution in [0.2, 0.25) is 0 Å². The standard InChI is InChI=1S/C22H15NOS/c23-12-11-19-16-10-9-14-5-1-2-6-15(14)21(16)18-13-25-20-8-4-3-7-17(20)22(18)24-19/h1-8,11H,9-10,13H2/b19-11-. The van der Waals surface area contributed by atoms with Gasteiger partial charge in [0.1, 0.15) is 11.5 Å². The van der Waals surface area contributed by atoms with E-state index in [2.05, 4.69) is 48.5 Å². The maximum absolute atomic E-state index is 9.25. The van der Waals surface area contributed by atoms with Crippen molar-refractivity contribution in [2.45, 2.75) is 17.7 Å². The first-order valence-electron chi connectivity index (χ1n) is 8.42. The first-order chi connectivity index (χ1) is 12.4. The van der Waals surface area contributed by atoms with Crippen molar-refractivity contribution in [3.8, 4) is 6.07 Å². The van der Waals surface area contributed by atoms with E-state index in [1.165, 1.54) is 32.7 Å². The predicted octanol–water partition coefficient (Wildman–Crippen LogP) is 5.34. The highest BCUT2D eigenvalue weighted by molar-refractivity contribution is 7.99. The molecule has 2 aliphatic heterocycles. The van der Waals surface area contributed by atoms with Crippen LogP contribution < -0.4 is 0 Å². The van der Waals surface area contributed by atoms with Gasteiger partial charge < -0.3 is 4.74 Å². The second kappa shape index (κ2) is 5.68. The summed E-state index contributed by atoms with van der Waals surface area (Å²) in [7, 11) is 0. The number of nitriles is 1. The molecule has 3 aliphatic rings. The van der Waals surface area contributed by atoms with Crippen molar-refractivity contribution in [1.82, 2.24) is 0 Å². The molecule has 120 valence electrons. The fourth-order valence-corrected chi connectivity index (χ4v) is 4.99. The third-order valence-electron chi connectivity index (χ3n) is 5.02. The largest absolute Gasteiger partial charge is 0.455 e. The summed E-state index contributed by atoms with van der Waals surface area (Å²) in [5.41, 5.74) is 7.54. The molecule has 3 heteroatoms. The summed E-state index contributed by atoms with van der Waals surface area (Å²) < 4.78 is 6.29. The molecule has 0 N–H and O–H groups in total. The van der Waals surface area contributed by atoms with Crippen LogP contribution in [0, 0.1) is 11.3 Å². The van der Waals surface area contributed by atoms with Crippen molar-refractivity contribution >= 4 is 23.1 Å². The van der Waals surface area contributed by atoms with Gasteiger partial charge in [0, 0.05) is 27.4 Å². The molecule has 2 heterocycles. The fraction of sp³-hybridized carbons (Fsp3) is 0.136. The summed E-state index contributed by atoms with van der Waals surface area (Å²) in [5.74, 6) is 2.54. The summed E-state index contributed by atoms with van der Waals surface area (Å²) in [4.78, 5) is 1.24. The Balaban J connectivity index is 1.81. The molecule has 0 aromatic heterocycles. The van der Waals surface area contributed by atoms with Gasteiger partial charge in [-0.2, -0.15) is 5.26 Å². The SMILES string of the molecule is N#C/C=C1\OC2=C(CSc3ccccc32)C2=C1CCc1ccccc12. The lowest BCUT2D eigenvalue weighted by atomic mass is 9.79. The molecule has 0 bridgehead atoms. The molecule has 0 saturated carbocycles. The molecule has 5 rings (SSSR count). The Morgan fingerprint density at radius 1 is 0.960 bits per heavy atom. The molecule has 0 spiro atoms. The van der Waals surface area contributed by atoms with Gasteiger partial charge in [-0.15, -0.1) is 11.8 Å². The van der Waals surface area contributed by atoms with E-state index in [1.807, 2.05) is 17.8 Å². The number of nitrogens with zero attached hydrogens (tertiary/aromatic N) is 1. The van der Waals surface area contributed by atoms with E-state index in [4.69, 9.17) is 4.74 Å². The van der Waals surface area contributed by atoms with Crippen molar-refractivity contribution < 1.29 is 4.74 Å². The van der Waals surface area contributed by atoms with Gasteiger partial charge in [-0.1, -0.05) is 42.5 Å². The van der Waals surface area contributed by atoms with E-state index in [1.54, 1.807) is 6.08 Å². The first-order valence-corrected chi connectivity index (χ1v) is 9.40. The molecular weight excluding hydrogens is 326 g/mol. The zero-order valence-electron chi connectivity index (χ0n) is 13.6. The van der Waals surface area contributed by atoms with Crippen LogP contribution in [0.3, 0.4) is 0 Å². The summed E-state index contributed by atoms with van der Waals surface area (Å²) >= 11 is 1.86. The Bertz CT molecular complexity index is 1040. The number of aryl methyl sites for hydroxylation is 1. The number of thioether (sulfide) groups is 1. The Morgan fingerprint density at radius 2 is 1.76 bits per heavy atom. The van der Waals surface area contributed by atoms with Gasteiger partial charge >= 0.3 is 0 Å². The van der Waals surface area contributed by atoms with E-state index in [0.29, 0.717) is 5.76 Å². The molecule has 0 amide bonds. The average molecular weight is 341 g/mol. The molecule has 0 saturated heterocycles. The molecule has 1 aliphatic carbocycles. The second-order valence-electron chi connectivity index (χ2n) is 6.34. The zero-order valence-corrected chi connectivity index (χ0v) is 14.4. The summed E-state index contributed by atoms with van der Waals surface area (Å²) in [5, 5.41) is 9.25. The van der Waals surface area contributed by atoms with Gasteiger partial charge in [0.2, 0.25) is 0 Å². The molecule has 0 atom stereocenters. The normalized spacial score (nSPS) is 19.4. The number of hydrogen-bond donors (Lipinski definition) is 0. The smallest absolute Gasteiger partial charge is 0.141 e. The Labute approximate surface area is 151 Å². The van der Waals surface area contributed by atoms with Crippen molar-refractivity contribution in [2.75, 3.05) is 5.75 Å². The summed E-state index contributed by atoms with van der Waals surface area (Å²) in [6.07, 6.45) is 3.47. The van der Waals surface area contributed by atoms with Crippen LogP contribution in [0.15, 0.2) is 76.4 Å². The maximum Gasteiger partial charge on any atom is 0.141 e. The lowest BCUT2D eigenvalue weighted by Crippen LogP contribution is -2.18. The number of hydrogen-bond acceptors (Lipinski definition) is 3.